The van der Waals surface area contributed by atoms with Crippen LogP contribution in [0.15, 0.2) is 24.3 Å². The molecule has 0 spiro atoms. The molecular formula is C40H72Li2O7S. The van der Waals surface area contributed by atoms with Crippen molar-refractivity contribution in [3.8, 4) is 0 Å². The average molecular weight is 711 g/mol. The number of carbonyl (C=O) groups is 2. The van der Waals surface area contributed by atoms with Gasteiger partial charge in [0, 0.05) is 11.4 Å². The smallest absolute Gasteiger partial charge is 0.549 e. The van der Waals surface area contributed by atoms with Gasteiger partial charge in [-0.25, -0.2) is 0 Å². The largest absolute Gasteiger partial charge is 1.00 e. The van der Waals surface area contributed by atoms with Crippen LogP contribution >= 0.6 is 0 Å². The second-order valence-corrected chi connectivity index (χ2v) is 15.5. The molecule has 1 N–H and O–H groups in total. The molecule has 0 bridgehead atoms. The molecule has 0 amide bonds. The van der Waals surface area contributed by atoms with Crippen LogP contribution < -0.4 is 47.9 Å². The van der Waals surface area contributed by atoms with Gasteiger partial charge in [0.15, 0.2) is 0 Å². The van der Waals surface area contributed by atoms with Crippen molar-refractivity contribution in [2.75, 3.05) is 0 Å². The van der Waals surface area contributed by atoms with E-state index in [1.165, 1.54) is 77.0 Å². The fraction of sp³-hybridized carbons (Fsp3) is 0.850. The molecule has 50 heavy (non-hydrogen) atoms. The van der Waals surface area contributed by atoms with Gasteiger partial charge in [0.05, 0.1) is 5.97 Å². The molecule has 10 heteroatoms. The Morgan fingerprint density at radius 2 is 0.780 bits per heavy atom. The minimum atomic E-state index is -5.21. The second kappa shape index (κ2) is 36.9. The predicted octanol–water partition coefficient (Wildman–Crippen LogP) is 3.59. The van der Waals surface area contributed by atoms with Gasteiger partial charge < -0.3 is 19.8 Å². The summed E-state index contributed by atoms with van der Waals surface area (Å²) in [6.45, 7) is 4.46. The van der Waals surface area contributed by atoms with Gasteiger partial charge >= 0.3 is 37.7 Å². The number of unbranched alkanes of at least 4 members (excludes halogenated alkanes) is 24. The van der Waals surface area contributed by atoms with Crippen LogP contribution in [-0.2, 0) is 19.7 Å². The van der Waals surface area contributed by atoms with Crippen LogP contribution in [0.3, 0.4) is 0 Å². The fourth-order valence-electron chi connectivity index (χ4n) is 6.71. The Hall–Kier alpha value is -0.475. The van der Waals surface area contributed by atoms with Crippen molar-refractivity contribution in [2.24, 2.45) is 5.41 Å². The molecule has 1 atom stereocenters. The van der Waals surface area contributed by atoms with Gasteiger partial charge in [-0.1, -0.05) is 167 Å². The number of carboxylic acid groups (broad SMARTS) is 2. The Balaban J connectivity index is -0.0000110. The molecule has 0 aliphatic rings. The van der Waals surface area contributed by atoms with E-state index in [1.807, 2.05) is 0 Å². The molecule has 0 radical (unpaired) electrons. The van der Waals surface area contributed by atoms with Crippen molar-refractivity contribution < 1.29 is 70.5 Å². The zero-order valence-corrected chi connectivity index (χ0v) is 33.7. The summed E-state index contributed by atoms with van der Waals surface area (Å²) >= 11 is 0. The van der Waals surface area contributed by atoms with E-state index >= 15 is 0 Å². The number of carbonyl (C=O) groups excluding carboxylic acids is 2. The number of aliphatic carboxylic acids is 2. The maximum Gasteiger partial charge on any atom is 1.00 e. The first-order valence-electron chi connectivity index (χ1n) is 19.8. The molecule has 7 nitrogen and oxygen atoms in total. The number of allylic oxidation sites excluding steroid dienone is 4. The third kappa shape index (κ3) is 29.0. The van der Waals surface area contributed by atoms with Gasteiger partial charge in [0.1, 0.15) is 5.25 Å². The Labute approximate surface area is 332 Å². The molecule has 282 valence electrons. The summed E-state index contributed by atoms with van der Waals surface area (Å²) in [7, 11) is -5.21. The van der Waals surface area contributed by atoms with Gasteiger partial charge in [-0.2, -0.15) is 8.42 Å². The summed E-state index contributed by atoms with van der Waals surface area (Å²) in [5.74, 6) is -3.83. The molecule has 0 heterocycles. The minimum Gasteiger partial charge on any atom is -0.549 e. The molecule has 0 aromatic carbocycles. The van der Waals surface area contributed by atoms with E-state index in [0.29, 0.717) is 25.7 Å². The first-order chi connectivity index (χ1) is 23.1. The molecule has 0 fully saturated rings. The van der Waals surface area contributed by atoms with E-state index in [2.05, 4.69) is 38.2 Å². The van der Waals surface area contributed by atoms with Gasteiger partial charge in [0.25, 0.3) is 10.1 Å². The maximum atomic E-state index is 12.4. The quantitative estimate of drug-likeness (QED) is 0.0455. The van der Waals surface area contributed by atoms with Crippen LogP contribution in [0.5, 0.6) is 0 Å². The Morgan fingerprint density at radius 1 is 0.520 bits per heavy atom. The number of hydrogen-bond acceptors (Lipinski definition) is 6. The monoisotopic (exact) mass is 711 g/mol. The molecule has 0 rings (SSSR count). The molecule has 0 aliphatic carbocycles. The first kappa shape index (κ1) is 53.9. The molecule has 0 saturated carbocycles. The molecule has 1 unspecified atom stereocenters. The van der Waals surface area contributed by atoms with Crippen molar-refractivity contribution in [1.82, 2.24) is 0 Å². The van der Waals surface area contributed by atoms with Gasteiger partial charge in [-0.3, -0.25) is 4.55 Å². The number of hydrogen-bond donors (Lipinski definition) is 1. The van der Waals surface area contributed by atoms with Gasteiger partial charge in [-0.05, 0) is 64.2 Å². The standard InChI is InChI=1S/C40H74O7S.2Li/c1-3-5-7-9-11-13-15-17-19-21-23-25-27-29-31-33-35-40(39(43)44,37(38(41)42)48(45,46)47)36-34-32-30-28-26-24-22-20-18-16-14-12-10-8-6-4-2;;/h17-20,37H,3-16,21-36H2,1-2H3,(H,41,42)(H,43,44)(H,45,46,47);;/q;2*+1/p-2/b19-17-,20-18-;;. The summed E-state index contributed by atoms with van der Waals surface area (Å²) in [5.41, 5.74) is -2.21. The van der Waals surface area contributed by atoms with Crippen LogP contribution in [-0.4, -0.2) is 30.2 Å². The van der Waals surface area contributed by atoms with Gasteiger partial charge in [-0.15, -0.1) is 0 Å². The fourth-order valence-corrected chi connectivity index (χ4v) is 7.85. The topological polar surface area (TPSA) is 135 Å². The average Bonchev–Trinajstić information content (AvgIpc) is 3.03. The minimum absolute atomic E-state index is 0. The predicted molar refractivity (Wildman–Crippen MR) is 196 cm³/mol. The Kier molecular flexibility index (Phi) is 39.7. The van der Waals surface area contributed by atoms with Crippen molar-refractivity contribution in [3.05, 3.63) is 24.3 Å². The van der Waals surface area contributed by atoms with Crippen molar-refractivity contribution in [3.63, 3.8) is 0 Å². The summed E-state index contributed by atoms with van der Waals surface area (Å²) in [5, 5.41) is 21.8. The van der Waals surface area contributed by atoms with E-state index in [9.17, 15) is 32.8 Å². The van der Waals surface area contributed by atoms with Gasteiger partial charge in [0.2, 0.25) is 0 Å². The number of carboxylic acids is 2. The molecule has 0 saturated heterocycles. The first-order valence-corrected chi connectivity index (χ1v) is 21.3. The van der Waals surface area contributed by atoms with Crippen molar-refractivity contribution in [1.29, 1.82) is 0 Å². The molecule has 0 aromatic rings. The normalized spacial score (nSPS) is 12.6. The Bertz CT molecular complexity index is 911. The van der Waals surface area contributed by atoms with Crippen molar-refractivity contribution in [2.45, 2.75) is 212 Å². The van der Waals surface area contributed by atoms with Crippen LogP contribution in [0.1, 0.15) is 206 Å². The van der Waals surface area contributed by atoms with E-state index in [0.717, 1.165) is 77.0 Å². The third-order valence-electron chi connectivity index (χ3n) is 9.69. The van der Waals surface area contributed by atoms with Crippen LogP contribution in [0, 0.1) is 5.41 Å². The zero-order valence-electron chi connectivity index (χ0n) is 32.9. The molecule has 0 aliphatic heterocycles. The van der Waals surface area contributed by atoms with E-state index in [-0.39, 0.29) is 50.6 Å². The van der Waals surface area contributed by atoms with Crippen LogP contribution in [0.25, 0.3) is 0 Å². The Morgan fingerprint density at radius 3 is 1.02 bits per heavy atom. The summed E-state index contributed by atoms with van der Waals surface area (Å²) in [4.78, 5) is 24.3. The van der Waals surface area contributed by atoms with E-state index in [1.54, 1.807) is 0 Å². The molecule has 0 aromatic heterocycles. The molecular weight excluding hydrogens is 638 g/mol. The van der Waals surface area contributed by atoms with Crippen molar-refractivity contribution >= 4 is 22.1 Å². The third-order valence-corrected chi connectivity index (χ3v) is 10.9. The summed E-state index contributed by atoms with van der Waals surface area (Å²) in [6.07, 6.45) is 38.6. The maximum absolute atomic E-state index is 12.4. The SMILES string of the molecule is CCCCCCCC/C=C\CCCCCCCCC(CCCCCCCC/C=C\CCCCCCCC)(C(=O)[O-])C(C(=O)[O-])S(=O)(=O)O.[Li+].[Li+]. The summed E-state index contributed by atoms with van der Waals surface area (Å²) in [6, 6.07) is 0. The van der Waals surface area contributed by atoms with Crippen LogP contribution in [0.2, 0.25) is 0 Å². The van der Waals surface area contributed by atoms with E-state index in [4.69, 9.17) is 0 Å². The van der Waals surface area contributed by atoms with E-state index < -0.39 is 32.7 Å². The summed E-state index contributed by atoms with van der Waals surface area (Å²) < 4.78 is 34.0. The zero-order chi connectivity index (χ0) is 35.8. The van der Waals surface area contributed by atoms with Crippen LogP contribution in [0.4, 0.5) is 0 Å². The number of rotatable bonds is 36. The second-order valence-electron chi connectivity index (χ2n) is 14.0.